The van der Waals surface area contributed by atoms with Gasteiger partial charge < -0.3 is 5.32 Å². The molecular weight excluding hydrogens is 364 g/mol. The molecule has 28 heavy (non-hydrogen) atoms. The van der Waals surface area contributed by atoms with E-state index >= 15 is 0 Å². The molecule has 2 aromatic carbocycles. The van der Waals surface area contributed by atoms with E-state index in [0.29, 0.717) is 6.54 Å². The van der Waals surface area contributed by atoms with E-state index < -0.39 is 0 Å². The number of aryl methyl sites for hydroxylation is 3. The van der Waals surface area contributed by atoms with E-state index in [1.165, 1.54) is 40.4 Å². The monoisotopic (exact) mass is 390 g/mol. The minimum Gasteiger partial charge on any atom is -0.352 e. The van der Waals surface area contributed by atoms with E-state index in [9.17, 15) is 4.79 Å². The van der Waals surface area contributed by atoms with Gasteiger partial charge >= 0.3 is 0 Å². The van der Waals surface area contributed by atoms with Gasteiger partial charge in [0.2, 0.25) is 0 Å². The average Bonchev–Trinajstić information content (AvgIpc) is 3.15. The molecule has 4 rings (SSSR count). The fraction of sp³-hybridized carbons (Fsp3) is 0.333. The molecule has 0 aliphatic heterocycles. The molecule has 3 nitrogen and oxygen atoms in total. The Bertz CT molecular complexity index is 909. The van der Waals surface area contributed by atoms with Gasteiger partial charge in [-0.3, -0.25) is 4.79 Å². The van der Waals surface area contributed by atoms with Crippen LogP contribution in [0, 0.1) is 0 Å². The first-order valence-electron chi connectivity index (χ1n) is 10.2. The zero-order valence-electron chi connectivity index (χ0n) is 16.1. The summed E-state index contributed by atoms with van der Waals surface area (Å²) >= 11 is 1.87. The van der Waals surface area contributed by atoms with Crippen molar-refractivity contribution >= 4 is 17.2 Å². The fourth-order valence-corrected chi connectivity index (χ4v) is 4.96. The Morgan fingerprint density at radius 3 is 2.64 bits per heavy atom. The number of hydrogen-bond donors (Lipinski definition) is 1. The highest BCUT2D eigenvalue weighted by Gasteiger charge is 2.15. The molecule has 3 aromatic rings. The molecule has 0 bridgehead atoms. The lowest BCUT2D eigenvalue weighted by molar-refractivity contribution is 0.0952. The molecule has 1 aliphatic carbocycles. The molecular formula is C24H26N2OS. The maximum atomic E-state index is 12.7. The van der Waals surface area contributed by atoms with Gasteiger partial charge in [-0.15, -0.1) is 11.3 Å². The van der Waals surface area contributed by atoms with Crippen LogP contribution in [0.4, 0.5) is 0 Å². The molecule has 1 aliphatic rings. The van der Waals surface area contributed by atoms with E-state index in [-0.39, 0.29) is 5.91 Å². The summed E-state index contributed by atoms with van der Waals surface area (Å²) in [6.07, 6.45) is 7.56. The second-order valence-electron chi connectivity index (χ2n) is 7.36. The van der Waals surface area contributed by atoms with Crippen molar-refractivity contribution in [2.45, 2.75) is 44.9 Å². The van der Waals surface area contributed by atoms with Gasteiger partial charge in [0.1, 0.15) is 0 Å². The molecule has 4 heteroatoms. The van der Waals surface area contributed by atoms with E-state index in [4.69, 9.17) is 4.98 Å². The number of aromatic nitrogens is 1. The number of thiazole rings is 1. The third-order valence-electron chi connectivity index (χ3n) is 5.24. The molecule has 1 aromatic heterocycles. The maximum absolute atomic E-state index is 12.7. The van der Waals surface area contributed by atoms with Gasteiger partial charge in [0.25, 0.3) is 5.91 Å². The van der Waals surface area contributed by atoms with Crippen LogP contribution in [-0.2, 0) is 25.7 Å². The molecule has 0 radical (unpaired) electrons. The molecule has 0 saturated heterocycles. The topological polar surface area (TPSA) is 42.0 Å². The fourth-order valence-electron chi connectivity index (χ4n) is 3.76. The number of amides is 1. The lowest BCUT2D eigenvalue weighted by atomic mass is 9.99. The molecule has 0 saturated carbocycles. The first-order chi connectivity index (χ1) is 13.8. The van der Waals surface area contributed by atoms with Crippen LogP contribution < -0.4 is 5.32 Å². The molecule has 0 spiro atoms. The number of fused-ring (bicyclic) bond motifs is 1. The summed E-state index contributed by atoms with van der Waals surface area (Å²) < 4.78 is 0. The summed E-state index contributed by atoms with van der Waals surface area (Å²) in [6.45, 7) is 0.683. The van der Waals surface area contributed by atoms with Crippen molar-refractivity contribution in [1.29, 1.82) is 0 Å². The van der Waals surface area contributed by atoms with E-state index in [2.05, 4.69) is 17.4 Å². The Morgan fingerprint density at radius 2 is 1.79 bits per heavy atom. The van der Waals surface area contributed by atoms with E-state index in [1.54, 1.807) is 0 Å². The Balaban J connectivity index is 1.31. The van der Waals surface area contributed by atoms with Crippen LogP contribution in [0.5, 0.6) is 0 Å². The Morgan fingerprint density at radius 1 is 1.00 bits per heavy atom. The SMILES string of the molecule is O=C(NCCCc1nc2c(s1)CCCC2)c1ccccc1Cc1ccccc1. The van der Waals surface area contributed by atoms with Crippen molar-refractivity contribution in [3.63, 3.8) is 0 Å². The van der Waals surface area contributed by atoms with Gasteiger partial charge in [0.15, 0.2) is 0 Å². The standard InChI is InChI=1S/C24H26N2OS/c27-24(20-12-5-4-11-19(20)17-18-9-2-1-3-10-18)25-16-8-15-23-26-21-13-6-7-14-22(21)28-23/h1-5,9-12H,6-8,13-17H2,(H,25,27). The number of carbonyl (C=O) groups is 1. The lowest BCUT2D eigenvalue weighted by Gasteiger charge is -2.10. The molecule has 1 heterocycles. The van der Waals surface area contributed by atoms with Crippen LogP contribution in [0.2, 0.25) is 0 Å². The summed E-state index contributed by atoms with van der Waals surface area (Å²) in [5.41, 5.74) is 4.38. The molecule has 0 fully saturated rings. The first-order valence-corrected chi connectivity index (χ1v) is 11.0. The van der Waals surface area contributed by atoms with Crippen molar-refractivity contribution < 1.29 is 4.79 Å². The molecule has 1 amide bonds. The molecule has 1 N–H and O–H groups in total. The number of hydrogen-bond acceptors (Lipinski definition) is 3. The van der Waals surface area contributed by atoms with Crippen LogP contribution in [0.15, 0.2) is 54.6 Å². The minimum atomic E-state index is 0.0185. The average molecular weight is 391 g/mol. The van der Waals surface area contributed by atoms with Gasteiger partial charge in [-0.2, -0.15) is 0 Å². The van der Waals surface area contributed by atoms with Crippen LogP contribution in [0.25, 0.3) is 0 Å². The van der Waals surface area contributed by atoms with Gasteiger partial charge in [0, 0.05) is 23.4 Å². The van der Waals surface area contributed by atoms with Gasteiger partial charge in [-0.05, 0) is 55.7 Å². The Kier molecular flexibility index (Phi) is 6.17. The number of carbonyl (C=O) groups excluding carboxylic acids is 1. The lowest BCUT2D eigenvalue weighted by Crippen LogP contribution is -2.25. The van der Waals surface area contributed by atoms with Gasteiger partial charge in [-0.25, -0.2) is 4.98 Å². The Hall–Kier alpha value is -2.46. The summed E-state index contributed by atoms with van der Waals surface area (Å²) in [6, 6.07) is 18.2. The normalized spacial score (nSPS) is 13.1. The zero-order chi connectivity index (χ0) is 19.2. The minimum absolute atomic E-state index is 0.0185. The zero-order valence-corrected chi connectivity index (χ0v) is 16.9. The molecule has 0 unspecified atom stereocenters. The maximum Gasteiger partial charge on any atom is 0.251 e. The predicted octanol–water partition coefficient (Wildman–Crippen LogP) is 4.98. The van der Waals surface area contributed by atoms with E-state index in [0.717, 1.165) is 36.8 Å². The summed E-state index contributed by atoms with van der Waals surface area (Å²) in [7, 11) is 0. The second kappa shape index (κ2) is 9.16. The summed E-state index contributed by atoms with van der Waals surface area (Å²) in [5, 5.41) is 4.32. The van der Waals surface area contributed by atoms with Crippen LogP contribution in [0.3, 0.4) is 0 Å². The number of benzene rings is 2. The third-order valence-corrected chi connectivity index (χ3v) is 6.46. The summed E-state index contributed by atoms with van der Waals surface area (Å²) in [5.74, 6) is 0.0185. The largest absolute Gasteiger partial charge is 0.352 e. The number of rotatable bonds is 7. The van der Waals surface area contributed by atoms with Crippen molar-refractivity contribution in [1.82, 2.24) is 10.3 Å². The third kappa shape index (κ3) is 4.68. The van der Waals surface area contributed by atoms with Crippen LogP contribution >= 0.6 is 11.3 Å². The van der Waals surface area contributed by atoms with Crippen LogP contribution in [-0.4, -0.2) is 17.4 Å². The van der Waals surface area contributed by atoms with Gasteiger partial charge in [0.05, 0.1) is 10.7 Å². The van der Waals surface area contributed by atoms with Crippen molar-refractivity contribution in [2.75, 3.05) is 6.54 Å². The highest BCUT2D eigenvalue weighted by atomic mass is 32.1. The first kappa shape index (κ1) is 18.9. The van der Waals surface area contributed by atoms with E-state index in [1.807, 2.05) is 53.8 Å². The predicted molar refractivity (Wildman–Crippen MR) is 115 cm³/mol. The Labute approximate surface area is 170 Å². The highest BCUT2D eigenvalue weighted by Crippen LogP contribution is 2.27. The smallest absolute Gasteiger partial charge is 0.251 e. The van der Waals surface area contributed by atoms with Gasteiger partial charge in [-0.1, -0.05) is 48.5 Å². The number of nitrogens with zero attached hydrogens (tertiary/aromatic N) is 1. The van der Waals surface area contributed by atoms with Crippen molar-refractivity contribution in [2.24, 2.45) is 0 Å². The second-order valence-corrected chi connectivity index (χ2v) is 8.53. The van der Waals surface area contributed by atoms with Crippen molar-refractivity contribution in [3.05, 3.63) is 86.9 Å². The quantitative estimate of drug-likeness (QED) is 0.579. The summed E-state index contributed by atoms with van der Waals surface area (Å²) in [4.78, 5) is 19.0. The van der Waals surface area contributed by atoms with Crippen LogP contribution in [0.1, 0.15) is 56.3 Å². The van der Waals surface area contributed by atoms with Crippen molar-refractivity contribution in [3.8, 4) is 0 Å². The number of nitrogens with one attached hydrogen (secondary N) is 1. The highest BCUT2D eigenvalue weighted by molar-refractivity contribution is 7.11. The molecule has 0 atom stereocenters. The molecule has 144 valence electrons.